The van der Waals surface area contributed by atoms with Gasteiger partial charge in [-0.25, -0.2) is 4.79 Å². The van der Waals surface area contributed by atoms with Gasteiger partial charge in [0.2, 0.25) is 5.78 Å². The van der Waals surface area contributed by atoms with E-state index in [1.807, 2.05) is 90.9 Å². The van der Waals surface area contributed by atoms with Gasteiger partial charge < -0.3 is 38.6 Å². The van der Waals surface area contributed by atoms with Crippen LogP contribution in [0.3, 0.4) is 0 Å². The minimum absolute atomic E-state index is 0.154. The predicted molar refractivity (Wildman–Crippen MR) is 256 cm³/mol. The lowest BCUT2D eigenvalue weighted by Gasteiger charge is -2.34. The average Bonchev–Trinajstić information content (AvgIpc) is 4.19. The minimum atomic E-state index is -1.39. The van der Waals surface area contributed by atoms with Crippen molar-refractivity contribution in [1.82, 2.24) is 40.2 Å². The number of ether oxygens (including phenoxy) is 2. The van der Waals surface area contributed by atoms with Crippen LogP contribution >= 0.6 is 0 Å². The van der Waals surface area contributed by atoms with Crippen LogP contribution in [0.2, 0.25) is 0 Å². The van der Waals surface area contributed by atoms with E-state index in [0.717, 1.165) is 59.2 Å². The van der Waals surface area contributed by atoms with E-state index in [9.17, 15) is 14.7 Å². The van der Waals surface area contributed by atoms with E-state index in [0.29, 0.717) is 68.7 Å². The van der Waals surface area contributed by atoms with Gasteiger partial charge >= 0.3 is 5.69 Å². The maximum Gasteiger partial charge on any atom is 0.323 e. The van der Waals surface area contributed by atoms with Gasteiger partial charge in [0.25, 0.3) is 6.01 Å². The number of H-pyrrole nitrogens is 3. The van der Waals surface area contributed by atoms with Gasteiger partial charge in [-0.3, -0.25) is 14.8 Å². The van der Waals surface area contributed by atoms with Gasteiger partial charge in [-0.2, -0.15) is 4.98 Å². The van der Waals surface area contributed by atoms with Gasteiger partial charge in [-0.15, -0.1) is 0 Å². The van der Waals surface area contributed by atoms with Crippen LogP contribution in [-0.4, -0.2) is 70.9 Å². The zero-order valence-electron chi connectivity index (χ0n) is 39.7. The van der Waals surface area contributed by atoms with Crippen LogP contribution in [0, 0.1) is 39.5 Å². The number of rotatable bonds is 11. The number of nitrogens with zero attached hydrogens (tertiary/aromatic N) is 5. The summed E-state index contributed by atoms with van der Waals surface area (Å²) in [5.74, 6) is 1.89. The van der Waals surface area contributed by atoms with Gasteiger partial charge in [-0.05, 0) is 119 Å². The highest BCUT2D eigenvalue weighted by molar-refractivity contribution is 6.15. The third-order valence-corrected chi connectivity index (χ3v) is 11.7. The fourth-order valence-corrected chi connectivity index (χ4v) is 7.68. The smallest absolute Gasteiger partial charge is 0.323 e. The van der Waals surface area contributed by atoms with Crippen LogP contribution in [0.1, 0.15) is 117 Å². The minimum Gasteiger partial charge on any atom is -0.465 e. The maximum absolute atomic E-state index is 13.1. The highest BCUT2D eigenvalue weighted by Crippen LogP contribution is 2.42. The van der Waals surface area contributed by atoms with Crippen molar-refractivity contribution < 1.29 is 28.4 Å². The molecule has 1 fully saturated rings. The first-order valence-corrected chi connectivity index (χ1v) is 22.7. The zero-order chi connectivity index (χ0) is 47.5. The molecule has 15 heteroatoms. The van der Waals surface area contributed by atoms with Gasteiger partial charge in [0.15, 0.2) is 0 Å². The Morgan fingerprint density at radius 2 is 1.39 bits per heavy atom. The fraction of sp³-hybridized carbons (Fsp3) is 0.392. The maximum atomic E-state index is 13.1. The summed E-state index contributed by atoms with van der Waals surface area (Å²) >= 11 is 0. The molecule has 15 nitrogen and oxygen atoms in total. The van der Waals surface area contributed by atoms with E-state index in [2.05, 4.69) is 61.0 Å². The summed E-state index contributed by atoms with van der Waals surface area (Å²) in [7, 11) is 0. The molecule has 1 aliphatic heterocycles. The Labute approximate surface area is 384 Å². The van der Waals surface area contributed by atoms with Crippen molar-refractivity contribution in [3.05, 3.63) is 129 Å². The SMILES string of the molecule is C1CCOC1.CCC(C)C.CCC(C)C(O)(c1ccccn1)c1cc(-c2c(C)noc2C)cc2[nH]c(=O)[nH]c12.CCOc1nc2c(C(=O)c3ccccn3)cc(-c3c(C)noc3C)cc2[nH]1. The van der Waals surface area contributed by atoms with Crippen molar-refractivity contribution >= 4 is 27.9 Å². The second kappa shape index (κ2) is 22.0. The lowest BCUT2D eigenvalue weighted by Crippen LogP contribution is -2.36. The third-order valence-electron chi connectivity index (χ3n) is 11.7. The number of nitrogens with one attached hydrogen (secondary N) is 3. The summed E-state index contributed by atoms with van der Waals surface area (Å²) in [6, 6.07) is 18.6. The molecular weight excluding hydrogens is 837 g/mol. The fourth-order valence-electron chi connectivity index (χ4n) is 7.68. The van der Waals surface area contributed by atoms with Crippen LogP contribution in [0.15, 0.2) is 86.9 Å². The molecule has 2 atom stereocenters. The molecule has 0 spiro atoms. The Kier molecular flexibility index (Phi) is 16.2. The standard InChI is InChI=1S/C22H24N4O3.C20H18N4O3.C5H12.C4H8O/c1-5-12(2)22(28,18-8-6-7-9-23-18)16-10-15(19-13(3)26-29-14(19)4)11-17-20(16)25-21(27)24-17;1-4-26-20-22-16-10-13(17-11(2)24-27-12(17)3)9-14(18(16)23-20)19(25)15-7-5-6-8-21-15;1-4-5(2)3;1-2-4-5-3-1/h6-12,28H,5H2,1-4H3,(H2,24,25,27);5-10H,4H2,1-3H3,(H,22,23);5H,4H2,1-3H3;1-4H2. The third kappa shape index (κ3) is 10.9. The van der Waals surface area contributed by atoms with Crippen LogP contribution in [0.4, 0.5) is 0 Å². The van der Waals surface area contributed by atoms with E-state index in [-0.39, 0.29) is 17.4 Å². The normalized spacial score (nSPS) is 13.6. The molecule has 9 rings (SSSR count). The number of fused-ring (bicyclic) bond motifs is 2. The highest BCUT2D eigenvalue weighted by atomic mass is 16.5. The molecule has 6 aromatic heterocycles. The van der Waals surface area contributed by atoms with Crippen molar-refractivity contribution in [2.75, 3.05) is 19.8 Å². The molecule has 1 aliphatic rings. The summed E-state index contributed by atoms with van der Waals surface area (Å²) in [4.78, 5) is 47.1. The lowest BCUT2D eigenvalue weighted by atomic mass is 9.76. The molecule has 8 aromatic rings. The Morgan fingerprint density at radius 3 is 1.89 bits per heavy atom. The summed E-state index contributed by atoms with van der Waals surface area (Å²) in [6.07, 6.45) is 7.84. The number of aliphatic hydroxyl groups is 1. The second-order valence-electron chi connectivity index (χ2n) is 16.8. The molecule has 0 radical (unpaired) electrons. The zero-order valence-corrected chi connectivity index (χ0v) is 39.7. The highest BCUT2D eigenvalue weighted by Gasteiger charge is 2.40. The van der Waals surface area contributed by atoms with E-state index in [4.69, 9.17) is 18.5 Å². The summed E-state index contributed by atoms with van der Waals surface area (Å²) in [5, 5.41) is 20.1. The van der Waals surface area contributed by atoms with E-state index in [1.54, 1.807) is 30.6 Å². The number of pyridine rings is 2. The van der Waals surface area contributed by atoms with Crippen molar-refractivity contribution in [2.24, 2.45) is 11.8 Å². The average molecular weight is 899 g/mol. The summed E-state index contributed by atoms with van der Waals surface area (Å²) in [6.45, 7) is 22.4. The summed E-state index contributed by atoms with van der Waals surface area (Å²) in [5.41, 5.74) is 7.49. The van der Waals surface area contributed by atoms with Gasteiger partial charge in [0, 0.05) is 42.3 Å². The first-order chi connectivity index (χ1) is 31.7. The van der Waals surface area contributed by atoms with Crippen LogP contribution in [-0.2, 0) is 10.3 Å². The van der Waals surface area contributed by atoms with Crippen molar-refractivity contribution in [3.8, 4) is 28.3 Å². The Hall–Kier alpha value is -6.71. The molecule has 1 saturated heterocycles. The molecule has 0 aliphatic carbocycles. The molecule has 66 heavy (non-hydrogen) atoms. The first-order valence-electron chi connectivity index (χ1n) is 22.7. The number of hydrogen-bond donors (Lipinski definition) is 4. The number of carbonyl (C=O) groups excluding carboxylic acids is 1. The topological polar surface area (TPSA) is 211 Å². The van der Waals surface area contributed by atoms with Crippen LogP contribution < -0.4 is 10.4 Å². The van der Waals surface area contributed by atoms with Crippen molar-refractivity contribution in [2.45, 2.75) is 101 Å². The molecular formula is C51H62N8O7. The second-order valence-corrected chi connectivity index (χ2v) is 16.8. The van der Waals surface area contributed by atoms with E-state index in [1.165, 1.54) is 19.3 Å². The Bertz CT molecular complexity index is 2840. The van der Waals surface area contributed by atoms with E-state index >= 15 is 0 Å². The number of carbonyl (C=O) groups is 1. The van der Waals surface area contributed by atoms with Gasteiger partial charge in [0.1, 0.15) is 28.3 Å². The number of aromatic nitrogens is 8. The molecule has 2 aromatic carbocycles. The van der Waals surface area contributed by atoms with Crippen LogP contribution in [0.25, 0.3) is 44.3 Å². The number of hydrogen-bond acceptors (Lipinski definition) is 12. The van der Waals surface area contributed by atoms with Crippen molar-refractivity contribution in [3.63, 3.8) is 0 Å². The van der Waals surface area contributed by atoms with Crippen LogP contribution in [0.5, 0.6) is 6.01 Å². The lowest BCUT2D eigenvalue weighted by molar-refractivity contribution is 0.0195. The molecule has 0 saturated carbocycles. The molecule has 4 N–H and O–H groups in total. The quantitative estimate of drug-likeness (QED) is 0.0894. The van der Waals surface area contributed by atoms with Gasteiger partial charge in [-0.1, -0.05) is 69.9 Å². The molecule has 2 unspecified atom stereocenters. The first kappa shape index (κ1) is 48.7. The summed E-state index contributed by atoms with van der Waals surface area (Å²) < 4.78 is 21.1. The van der Waals surface area contributed by atoms with E-state index < -0.39 is 5.60 Å². The molecule has 348 valence electrons. The Balaban J connectivity index is 0.000000181. The number of aromatic amines is 3. The predicted octanol–water partition coefficient (Wildman–Crippen LogP) is 10.5. The molecule has 0 amide bonds. The number of ketones is 1. The molecule has 7 heterocycles. The Morgan fingerprint density at radius 1 is 0.788 bits per heavy atom. The molecule has 0 bridgehead atoms. The number of imidazole rings is 2. The van der Waals surface area contributed by atoms with Crippen molar-refractivity contribution in [1.29, 1.82) is 0 Å². The monoisotopic (exact) mass is 898 g/mol. The number of aryl methyl sites for hydroxylation is 4. The number of benzene rings is 2. The largest absolute Gasteiger partial charge is 0.465 e. The van der Waals surface area contributed by atoms with Gasteiger partial charge in [0.05, 0.1) is 45.8 Å².